The van der Waals surface area contributed by atoms with E-state index in [1.165, 1.54) is 55.0 Å². The monoisotopic (exact) mass is 535 g/mol. The molecular formula is C40H25NO. The number of nitrogens with zero attached hydrogens (tertiary/aromatic N) is 1. The molecule has 0 atom stereocenters. The molecule has 0 unspecified atom stereocenters. The van der Waals surface area contributed by atoms with Crippen molar-refractivity contribution in [3.05, 3.63) is 152 Å². The van der Waals surface area contributed by atoms with Gasteiger partial charge >= 0.3 is 0 Å². The van der Waals surface area contributed by atoms with Crippen molar-refractivity contribution in [1.82, 2.24) is 4.57 Å². The van der Waals surface area contributed by atoms with Crippen LogP contribution in [0.25, 0.3) is 71.6 Å². The molecule has 0 radical (unpaired) electrons. The minimum absolute atomic E-state index is 0.899. The van der Waals surface area contributed by atoms with Gasteiger partial charge in [0, 0.05) is 27.4 Å². The third kappa shape index (κ3) is 3.39. The average molecular weight is 536 g/mol. The van der Waals surface area contributed by atoms with Crippen LogP contribution in [0.2, 0.25) is 0 Å². The van der Waals surface area contributed by atoms with E-state index >= 15 is 0 Å². The van der Waals surface area contributed by atoms with Gasteiger partial charge in [-0.25, -0.2) is 0 Å². The Morgan fingerprint density at radius 3 is 1.86 bits per heavy atom. The van der Waals surface area contributed by atoms with Gasteiger partial charge in [-0.2, -0.15) is 0 Å². The van der Waals surface area contributed by atoms with Crippen molar-refractivity contribution >= 4 is 32.6 Å². The molecule has 1 aliphatic rings. The zero-order chi connectivity index (χ0) is 27.6. The molecule has 1 aromatic heterocycles. The summed E-state index contributed by atoms with van der Waals surface area (Å²) in [7, 11) is 0. The Hall–Kier alpha value is -5.60. The molecule has 0 aliphatic carbocycles. The maximum Gasteiger partial charge on any atom is 0.135 e. The molecule has 0 bridgehead atoms. The van der Waals surface area contributed by atoms with Gasteiger partial charge in [0.05, 0.1) is 11.0 Å². The lowest BCUT2D eigenvalue weighted by molar-refractivity contribution is 0.487. The van der Waals surface area contributed by atoms with E-state index in [4.69, 9.17) is 4.74 Å². The number of fused-ring (bicyclic) bond motifs is 5. The number of rotatable bonds is 3. The van der Waals surface area contributed by atoms with Crippen LogP contribution >= 0.6 is 0 Å². The Morgan fingerprint density at radius 1 is 0.381 bits per heavy atom. The molecule has 0 amide bonds. The van der Waals surface area contributed by atoms with Gasteiger partial charge in [-0.1, -0.05) is 109 Å². The molecule has 196 valence electrons. The van der Waals surface area contributed by atoms with Crippen LogP contribution in [0.3, 0.4) is 0 Å². The van der Waals surface area contributed by atoms with Gasteiger partial charge in [0.1, 0.15) is 11.5 Å². The number of ether oxygens (including phenoxy) is 1. The molecule has 2 heteroatoms. The number of aromatic nitrogens is 1. The summed E-state index contributed by atoms with van der Waals surface area (Å²) in [4.78, 5) is 0. The van der Waals surface area contributed by atoms with Gasteiger partial charge in [0.25, 0.3) is 0 Å². The standard InChI is InChI=1S/C40H25NO/c1-2-10-26(11-3-1)27-20-22-38-35(25-27)34-17-9-16-33-30(21-23-39(42-38)40(33)34)28-12-8-13-29(24-28)41-36-18-6-4-14-31(36)32-15-5-7-19-37(32)41/h1-25H. The van der Waals surface area contributed by atoms with Crippen molar-refractivity contribution < 1.29 is 4.74 Å². The normalized spacial score (nSPS) is 12.0. The highest BCUT2D eigenvalue weighted by atomic mass is 16.5. The molecule has 42 heavy (non-hydrogen) atoms. The van der Waals surface area contributed by atoms with E-state index in [9.17, 15) is 0 Å². The second-order valence-corrected chi connectivity index (χ2v) is 10.9. The zero-order valence-corrected chi connectivity index (χ0v) is 22.8. The number of benzene rings is 7. The predicted molar refractivity (Wildman–Crippen MR) is 175 cm³/mol. The molecule has 0 saturated carbocycles. The van der Waals surface area contributed by atoms with Crippen LogP contribution in [0.5, 0.6) is 11.5 Å². The van der Waals surface area contributed by atoms with Crippen LogP contribution in [0.4, 0.5) is 0 Å². The van der Waals surface area contributed by atoms with E-state index in [1.54, 1.807) is 0 Å². The molecule has 2 nitrogen and oxygen atoms in total. The van der Waals surface area contributed by atoms with Crippen molar-refractivity contribution in [3.8, 4) is 50.6 Å². The third-order valence-corrected chi connectivity index (χ3v) is 8.59. The van der Waals surface area contributed by atoms with Gasteiger partial charge in [-0.05, 0) is 75.7 Å². The third-order valence-electron chi connectivity index (χ3n) is 8.59. The summed E-state index contributed by atoms with van der Waals surface area (Å²) in [6.45, 7) is 0. The first-order valence-electron chi connectivity index (χ1n) is 14.4. The summed E-state index contributed by atoms with van der Waals surface area (Å²) in [5.41, 5.74) is 10.7. The SMILES string of the molecule is c1ccc(-c2ccc3c(c2)-c2cccc4c(-c5cccc(-n6c7ccccc7c7ccccc76)c5)ccc(c24)O3)cc1. The highest BCUT2D eigenvalue weighted by molar-refractivity contribution is 6.11. The van der Waals surface area contributed by atoms with Crippen LogP contribution in [0.15, 0.2) is 152 Å². The van der Waals surface area contributed by atoms with Crippen LogP contribution in [-0.2, 0) is 0 Å². The lowest BCUT2D eigenvalue weighted by Crippen LogP contribution is -1.99. The highest BCUT2D eigenvalue weighted by Crippen LogP contribution is 2.49. The summed E-state index contributed by atoms with van der Waals surface area (Å²) in [6, 6.07) is 54.2. The van der Waals surface area contributed by atoms with Crippen molar-refractivity contribution in [1.29, 1.82) is 0 Å². The molecule has 1 aliphatic heterocycles. The average Bonchev–Trinajstić information content (AvgIpc) is 3.40. The summed E-state index contributed by atoms with van der Waals surface area (Å²) < 4.78 is 8.88. The first-order valence-corrected chi connectivity index (χ1v) is 14.4. The van der Waals surface area contributed by atoms with E-state index in [-0.39, 0.29) is 0 Å². The molecule has 0 spiro atoms. The first-order chi connectivity index (χ1) is 20.8. The van der Waals surface area contributed by atoms with Crippen molar-refractivity contribution in [3.63, 3.8) is 0 Å². The molecule has 7 aromatic carbocycles. The van der Waals surface area contributed by atoms with Crippen molar-refractivity contribution in [2.24, 2.45) is 0 Å². The summed E-state index contributed by atoms with van der Waals surface area (Å²) in [6.07, 6.45) is 0. The Morgan fingerprint density at radius 2 is 1.05 bits per heavy atom. The second kappa shape index (κ2) is 8.95. The summed E-state index contributed by atoms with van der Waals surface area (Å²) >= 11 is 0. The van der Waals surface area contributed by atoms with Gasteiger partial charge in [0.2, 0.25) is 0 Å². The Bertz CT molecular complexity index is 2270. The molecule has 0 fully saturated rings. The summed E-state index contributed by atoms with van der Waals surface area (Å²) in [5, 5.41) is 4.90. The number of hydrogen-bond acceptors (Lipinski definition) is 1. The van der Waals surface area contributed by atoms with E-state index in [0.717, 1.165) is 28.1 Å². The molecule has 0 saturated heterocycles. The fourth-order valence-corrected chi connectivity index (χ4v) is 6.71. The minimum Gasteiger partial charge on any atom is -0.456 e. The molecule has 9 rings (SSSR count). The quantitative estimate of drug-likeness (QED) is 0.219. The molecular weight excluding hydrogens is 510 g/mol. The largest absolute Gasteiger partial charge is 0.456 e. The van der Waals surface area contributed by atoms with E-state index in [1.807, 2.05) is 0 Å². The van der Waals surface area contributed by atoms with Crippen LogP contribution < -0.4 is 4.74 Å². The van der Waals surface area contributed by atoms with Gasteiger partial charge < -0.3 is 9.30 Å². The molecule has 2 heterocycles. The molecule has 0 N–H and O–H groups in total. The van der Waals surface area contributed by atoms with Crippen LogP contribution in [0.1, 0.15) is 0 Å². The molecule has 8 aromatic rings. The second-order valence-electron chi connectivity index (χ2n) is 10.9. The lowest BCUT2D eigenvalue weighted by atomic mass is 9.89. The maximum absolute atomic E-state index is 6.51. The maximum atomic E-state index is 6.51. The van der Waals surface area contributed by atoms with Gasteiger partial charge in [0.15, 0.2) is 0 Å². The van der Waals surface area contributed by atoms with Crippen LogP contribution in [-0.4, -0.2) is 4.57 Å². The fraction of sp³-hybridized carbons (Fsp3) is 0. The topological polar surface area (TPSA) is 14.2 Å². The predicted octanol–water partition coefficient (Wildman–Crippen LogP) is 11.0. The number of para-hydroxylation sites is 2. The van der Waals surface area contributed by atoms with Crippen molar-refractivity contribution in [2.45, 2.75) is 0 Å². The number of hydrogen-bond donors (Lipinski definition) is 0. The van der Waals surface area contributed by atoms with Gasteiger partial charge in [-0.3, -0.25) is 0 Å². The highest BCUT2D eigenvalue weighted by Gasteiger charge is 2.22. The fourth-order valence-electron chi connectivity index (χ4n) is 6.71. The minimum atomic E-state index is 0.899. The lowest BCUT2D eigenvalue weighted by Gasteiger charge is -2.23. The Labute approximate surface area is 243 Å². The Kier molecular flexibility index (Phi) is 4.93. The zero-order valence-electron chi connectivity index (χ0n) is 22.8. The van der Waals surface area contributed by atoms with Gasteiger partial charge in [-0.15, -0.1) is 0 Å². The van der Waals surface area contributed by atoms with E-state index in [2.05, 4.69) is 156 Å². The Balaban J connectivity index is 1.23. The van der Waals surface area contributed by atoms with Crippen LogP contribution in [0, 0.1) is 0 Å². The van der Waals surface area contributed by atoms with Crippen molar-refractivity contribution in [2.75, 3.05) is 0 Å². The van der Waals surface area contributed by atoms with E-state index in [0.29, 0.717) is 0 Å². The van der Waals surface area contributed by atoms with E-state index < -0.39 is 0 Å². The summed E-state index contributed by atoms with van der Waals surface area (Å²) in [5.74, 6) is 1.80. The smallest absolute Gasteiger partial charge is 0.135 e. The first kappa shape index (κ1) is 23.1.